The van der Waals surface area contributed by atoms with E-state index in [9.17, 15) is 18.0 Å². The number of carbonyl (C=O) groups excluding carboxylic acids is 2. The number of ketones is 1. The molecule has 0 spiro atoms. The molecule has 4 aliphatic carbocycles. The Kier molecular flexibility index (Phi) is 5.25. The number of nitrogens with zero attached hydrogens (tertiary/aromatic N) is 1. The highest BCUT2D eigenvalue weighted by molar-refractivity contribution is 7.89. The Hall–Kier alpha value is -1.73. The van der Waals surface area contributed by atoms with Crippen molar-refractivity contribution < 1.29 is 18.0 Å². The number of sulfonamides is 1. The number of nitrogens with one attached hydrogen (secondary N) is 1. The van der Waals surface area contributed by atoms with E-state index in [4.69, 9.17) is 0 Å². The maximum Gasteiger partial charge on any atom is 0.243 e. The molecule has 168 valence electrons. The van der Waals surface area contributed by atoms with Gasteiger partial charge in [-0.2, -0.15) is 4.31 Å². The van der Waals surface area contributed by atoms with E-state index in [1.54, 1.807) is 12.1 Å². The van der Waals surface area contributed by atoms with Crippen molar-refractivity contribution in [3.8, 4) is 0 Å². The Bertz CT molecular complexity index is 959. The van der Waals surface area contributed by atoms with Gasteiger partial charge in [0, 0.05) is 30.1 Å². The molecule has 5 aliphatic rings. The highest BCUT2D eigenvalue weighted by Gasteiger charge is 2.52. The smallest absolute Gasteiger partial charge is 0.243 e. The van der Waals surface area contributed by atoms with Crippen LogP contribution in [0.5, 0.6) is 0 Å². The largest absolute Gasteiger partial charge is 0.350 e. The van der Waals surface area contributed by atoms with Crippen LogP contribution in [0.4, 0.5) is 0 Å². The number of Topliss-reactive ketones (excluding diaryl/α,β-unsaturated/α-hetero) is 1. The minimum absolute atomic E-state index is 0.00216. The van der Waals surface area contributed by atoms with E-state index in [1.807, 2.05) is 0 Å². The van der Waals surface area contributed by atoms with Crippen LogP contribution in [0.3, 0.4) is 0 Å². The van der Waals surface area contributed by atoms with E-state index in [-0.39, 0.29) is 28.0 Å². The average Bonchev–Trinajstić information content (AvgIpc) is 2.72. The molecular weight excluding hydrogens is 412 g/mol. The van der Waals surface area contributed by atoms with E-state index >= 15 is 0 Å². The molecule has 1 N–H and O–H groups in total. The van der Waals surface area contributed by atoms with Gasteiger partial charge in [0.2, 0.25) is 15.9 Å². The number of amides is 1. The lowest BCUT2D eigenvalue weighted by Crippen LogP contribution is -2.61. The minimum Gasteiger partial charge on any atom is -0.350 e. The molecule has 1 amide bonds. The molecular formula is C24H32N2O4S. The van der Waals surface area contributed by atoms with Crippen LogP contribution in [0, 0.1) is 23.7 Å². The summed E-state index contributed by atoms with van der Waals surface area (Å²) < 4.78 is 27.6. The highest BCUT2D eigenvalue weighted by atomic mass is 32.2. The van der Waals surface area contributed by atoms with E-state index in [1.165, 1.54) is 42.6 Å². The van der Waals surface area contributed by atoms with E-state index < -0.39 is 10.0 Å². The molecule has 5 fully saturated rings. The van der Waals surface area contributed by atoms with Crippen LogP contribution in [0.2, 0.25) is 0 Å². The second-order valence-electron chi connectivity index (χ2n) is 10.4. The van der Waals surface area contributed by atoms with Crippen LogP contribution in [0.25, 0.3) is 0 Å². The number of hydrogen-bond donors (Lipinski definition) is 1. The van der Waals surface area contributed by atoms with Crippen molar-refractivity contribution in [3.05, 3.63) is 29.8 Å². The van der Waals surface area contributed by atoms with Gasteiger partial charge in [-0.3, -0.25) is 9.59 Å². The van der Waals surface area contributed by atoms with Gasteiger partial charge in [-0.25, -0.2) is 8.42 Å². The molecule has 1 heterocycles. The molecule has 1 aliphatic heterocycles. The Balaban J connectivity index is 1.22. The SMILES string of the molecule is CC(=O)c1cccc(S(=O)(=O)N2CCC(C(=O)NC34CC5CC(CC(C5)C3)C4)CC2)c1. The summed E-state index contributed by atoms with van der Waals surface area (Å²) in [5.74, 6) is 2.19. The number of rotatable bonds is 5. The first-order chi connectivity index (χ1) is 14.7. The third kappa shape index (κ3) is 3.95. The van der Waals surface area contributed by atoms with Gasteiger partial charge < -0.3 is 5.32 Å². The molecule has 0 radical (unpaired) electrons. The monoisotopic (exact) mass is 444 g/mol. The summed E-state index contributed by atoms with van der Waals surface area (Å²) in [5, 5.41) is 3.46. The highest BCUT2D eigenvalue weighted by Crippen LogP contribution is 2.55. The molecule has 6 rings (SSSR count). The zero-order valence-electron chi connectivity index (χ0n) is 18.2. The first-order valence-electron chi connectivity index (χ1n) is 11.7. The maximum atomic E-state index is 13.1. The van der Waals surface area contributed by atoms with Gasteiger partial charge in [-0.15, -0.1) is 0 Å². The van der Waals surface area contributed by atoms with Gasteiger partial charge in [0.1, 0.15) is 0 Å². The summed E-state index contributed by atoms with van der Waals surface area (Å²) >= 11 is 0. The molecule has 1 aromatic rings. The fourth-order valence-corrected chi connectivity index (χ4v) is 8.53. The maximum absolute atomic E-state index is 13.1. The van der Waals surface area contributed by atoms with Crippen LogP contribution in [0.15, 0.2) is 29.2 Å². The molecule has 1 saturated heterocycles. The van der Waals surface area contributed by atoms with Gasteiger partial charge in [0.25, 0.3) is 0 Å². The topological polar surface area (TPSA) is 83.6 Å². The van der Waals surface area contributed by atoms with E-state index in [0.29, 0.717) is 31.5 Å². The number of benzene rings is 1. The van der Waals surface area contributed by atoms with Crippen molar-refractivity contribution in [2.45, 2.75) is 68.7 Å². The van der Waals surface area contributed by atoms with Gasteiger partial charge in [0.15, 0.2) is 5.78 Å². The van der Waals surface area contributed by atoms with Crippen LogP contribution in [0.1, 0.15) is 68.6 Å². The summed E-state index contributed by atoms with van der Waals surface area (Å²) in [6, 6.07) is 6.22. The first-order valence-corrected chi connectivity index (χ1v) is 13.1. The van der Waals surface area contributed by atoms with Gasteiger partial charge >= 0.3 is 0 Å². The van der Waals surface area contributed by atoms with Crippen molar-refractivity contribution in [1.82, 2.24) is 9.62 Å². The van der Waals surface area contributed by atoms with Crippen LogP contribution in [-0.2, 0) is 14.8 Å². The molecule has 0 unspecified atom stereocenters. The van der Waals surface area contributed by atoms with Crippen LogP contribution >= 0.6 is 0 Å². The number of hydrogen-bond acceptors (Lipinski definition) is 4. The number of piperidine rings is 1. The minimum atomic E-state index is -3.66. The fourth-order valence-electron chi connectivity index (χ4n) is 7.01. The normalized spacial score (nSPS) is 33.4. The predicted molar refractivity (Wildman–Crippen MR) is 117 cm³/mol. The zero-order chi connectivity index (χ0) is 21.8. The van der Waals surface area contributed by atoms with Crippen molar-refractivity contribution in [2.24, 2.45) is 23.7 Å². The van der Waals surface area contributed by atoms with Crippen LogP contribution in [-0.4, -0.2) is 43.0 Å². The lowest BCUT2D eigenvalue weighted by atomic mass is 9.53. The second-order valence-corrected chi connectivity index (χ2v) is 12.4. The zero-order valence-corrected chi connectivity index (χ0v) is 19.0. The Labute approximate surface area is 184 Å². The van der Waals surface area contributed by atoms with E-state index in [0.717, 1.165) is 37.0 Å². The lowest BCUT2D eigenvalue weighted by Gasteiger charge is -2.57. The summed E-state index contributed by atoms with van der Waals surface area (Å²) in [6.45, 7) is 2.11. The molecule has 0 aromatic heterocycles. The van der Waals surface area contributed by atoms with Crippen molar-refractivity contribution >= 4 is 21.7 Å². The van der Waals surface area contributed by atoms with Gasteiger partial charge in [-0.1, -0.05) is 12.1 Å². The molecule has 0 atom stereocenters. The molecule has 4 saturated carbocycles. The van der Waals surface area contributed by atoms with E-state index in [2.05, 4.69) is 5.32 Å². The standard InChI is InChI=1S/C24H32N2O4S/c1-16(27)21-3-2-4-22(12-21)31(29,30)26-7-5-20(6-8-26)23(28)25-24-13-17-9-18(14-24)11-19(10-17)15-24/h2-4,12,17-20H,5-11,13-15H2,1H3,(H,25,28). The first kappa shape index (κ1) is 21.1. The quantitative estimate of drug-likeness (QED) is 0.706. The summed E-state index contributed by atoms with van der Waals surface area (Å²) in [6.07, 6.45) is 8.51. The van der Waals surface area contributed by atoms with Crippen LogP contribution < -0.4 is 5.32 Å². The molecule has 1 aromatic carbocycles. The summed E-state index contributed by atoms with van der Waals surface area (Å²) in [5.41, 5.74) is 0.397. The third-order valence-electron chi connectivity index (χ3n) is 8.13. The molecule has 31 heavy (non-hydrogen) atoms. The Morgan fingerprint density at radius 3 is 2.13 bits per heavy atom. The second kappa shape index (κ2) is 7.69. The summed E-state index contributed by atoms with van der Waals surface area (Å²) in [4.78, 5) is 24.9. The number of carbonyl (C=O) groups is 2. The third-order valence-corrected chi connectivity index (χ3v) is 10.0. The lowest BCUT2D eigenvalue weighted by molar-refractivity contribution is -0.132. The van der Waals surface area contributed by atoms with Crippen molar-refractivity contribution in [2.75, 3.05) is 13.1 Å². The predicted octanol–water partition coefficient (Wildman–Crippen LogP) is 3.37. The Morgan fingerprint density at radius 2 is 1.58 bits per heavy atom. The van der Waals surface area contributed by atoms with Gasteiger partial charge in [-0.05, 0) is 88.2 Å². The molecule has 7 heteroatoms. The van der Waals surface area contributed by atoms with Crippen molar-refractivity contribution in [1.29, 1.82) is 0 Å². The summed E-state index contributed by atoms with van der Waals surface area (Å²) in [7, 11) is -3.66. The van der Waals surface area contributed by atoms with Crippen molar-refractivity contribution in [3.63, 3.8) is 0 Å². The average molecular weight is 445 g/mol. The molecule has 4 bridgehead atoms. The Morgan fingerprint density at radius 1 is 1.00 bits per heavy atom. The molecule has 6 nitrogen and oxygen atoms in total. The van der Waals surface area contributed by atoms with Gasteiger partial charge in [0.05, 0.1) is 4.90 Å². The fraction of sp³-hybridized carbons (Fsp3) is 0.667.